The first kappa shape index (κ1) is 23.8. The standard InChI is InChI=1S/C25H39NO2Si/c1-25(2,3)29(4,5)28-18-12-17-24(21-27)26(19-22-13-8-6-9-14-22)20-23-15-10-7-11-16-23/h6-11,13-16,24,27H,12,17-21H2,1-5H3/t24-/m0/s1. The van der Waals surface area contributed by atoms with Crippen molar-refractivity contribution in [3.8, 4) is 0 Å². The minimum Gasteiger partial charge on any atom is -0.417 e. The average Bonchev–Trinajstić information content (AvgIpc) is 2.68. The van der Waals surface area contributed by atoms with Gasteiger partial charge in [0.2, 0.25) is 0 Å². The third kappa shape index (κ3) is 7.70. The Hall–Kier alpha value is -1.46. The van der Waals surface area contributed by atoms with Gasteiger partial charge in [0.1, 0.15) is 0 Å². The Morgan fingerprint density at radius 2 is 1.38 bits per heavy atom. The Balaban J connectivity index is 2.00. The van der Waals surface area contributed by atoms with Crippen molar-refractivity contribution in [2.24, 2.45) is 0 Å². The number of benzene rings is 2. The molecule has 0 aliphatic heterocycles. The Bertz CT molecular complexity index is 656. The molecular weight excluding hydrogens is 374 g/mol. The summed E-state index contributed by atoms with van der Waals surface area (Å²) >= 11 is 0. The van der Waals surface area contributed by atoms with Crippen molar-refractivity contribution in [2.75, 3.05) is 13.2 Å². The summed E-state index contributed by atoms with van der Waals surface area (Å²) in [5, 5.41) is 10.4. The van der Waals surface area contributed by atoms with Crippen molar-refractivity contribution < 1.29 is 9.53 Å². The number of rotatable bonds is 11. The van der Waals surface area contributed by atoms with E-state index in [0.717, 1.165) is 32.5 Å². The van der Waals surface area contributed by atoms with E-state index in [1.807, 2.05) is 12.1 Å². The van der Waals surface area contributed by atoms with Gasteiger partial charge in [0.15, 0.2) is 8.32 Å². The Labute approximate surface area is 178 Å². The van der Waals surface area contributed by atoms with E-state index in [9.17, 15) is 5.11 Å². The third-order valence-corrected chi connectivity index (χ3v) is 10.7. The molecule has 4 heteroatoms. The maximum absolute atomic E-state index is 10.2. The van der Waals surface area contributed by atoms with Crippen LogP contribution in [-0.2, 0) is 17.5 Å². The summed E-state index contributed by atoms with van der Waals surface area (Å²) in [5.74, 6) is 0. The molecule has 0 amide bonds. The van der Waals surface area contributed by atoms with Crippen LogP contribution in [-0.4, -0.2) is 37.6 Å². The summed E-state index contributed by atoms with van der Waals surface area (Å²) in [6, 6.07) is 21.2. The van der Waals surface area contributed by atoms with Crippen molar-refractivity contribution in [3.05, 3.63) is 71.8 Å². The molecule has 1 N–H and O–H groups in total. The van der Waals surface area contributed by atoms with Gasteiger partial charge in [-0.3, -0.25) is 4.90 Å². The molecular formula is C25H39NO2Si. The molecule has 0 bridgehead atoms. The summed E-state index contributed by atoms with van der Waals surface area (Å²) in [5.41, 5.74) is 2.55. The van der Waals surface area contributed by atoms with Gasteiger partial charge in [-0.2, -0.15) is 0 Å². The van der Waals surface area contributed by atoms with E-state index in [0.29, 0.717) is 0 Å². The highest BCUT2D eigenvalue weighted by atomic mass is 28.4. The van der Waals surface area contributed by atoms with E-state index >= 15 is 0 Å². The molecule has 160 valence electrons. The molecule has 0 saturated carbocycles. The van der Waals surface area contributed by atoms with Gasteiger partial charge < -0.3 is 9.53 Å². The molecule has 0 spiro atoms. The molecule has 0 unspecified atom stereocenters. The molecule has 0 radical (unpaired) electrons. The van der Waals surface area contributed by atoms with Crippen LogP contribution in [0.2, 0.25) is 18.1 Å². The van der Waals surface area contributed by atoms with Crippen LogP contribution in [0.25, 0.3) is 0 Å². The van der Waals surface area contributed by atoms with Crippen molar-refractivity contribution in [3.63, 3.8) is 0 Å². The van der Waals surface area contributed by atoms with E-state index in [1.165, 1.54) is 11.1 Å². The third-order valence-electron chi connectivity index (χ3n) is 6.13. The molecule has 0 fully saturated rings. The van der Waals surface area contributed by atoms with Crippen LogP contribution in [0, 0.1) is 0 Å². The smallest absolute Gasteiger partial charge is 0.191 e. The summed E-state index contributed by atoms with van der Waals surface area (Å²) in [4.78, 5) is 2.40. The fourth-order valence-corrected chi connectivity index (χ4v) is 4.29. The number of nitrogens with zero attached hydrogens (tertiary/aromatic N) is 1. The van der Waals surface area contributed by atoms with Gasteiger partial charge in [-0.1, -0.05) is 81.4 Å². The summed E-state index contributed by atoms with van der Waals surface area (Å²) in [7, 11) is -1.71. The van der Waals surface area contributed by atoms with Gasteiger partial charge in [-0.15, -0.1) is 0 Å². The lowest BCUT2D eigenvalue weighted by atomic mass is 10.1. The van der Waals surface area contributed by atoms with Gasteiger partial charge in [0.05, 0.1) is 6.61 Å². The molecule has 0 aromatic heterocycles. The number of aliphatic hydroxyl groups is 1. The van der Waals surface area contributed by atoms with Crippen LogP contribution in [0.1, 0.15) is 44.7 Å². The summed E-state index contributed by atoms with van der Waals surface area (Å²) < 4.78 is 6.34. The second kappa shape index (κ2) is 11.1. The predicted octanol–water partition coefficient (Wildman–Crippen LogP) is 5.85. The first-order valence-corrected chi connectivity index (χ1v) is 13.7. The molecule has 3 nitrogen and oxygen atoms in total. The van der Waals surface area contributed by atoms with Gasteiger partial charge in [0, 0.05) is 25.7 Å². The van der Waals surface area contributed by atoms with E-state index in [-0.39, 0.29) is 17.7 Å². The highest BCUT2D eigenvalue weighted by molar-refractivity contribution is 6.74. The van der Waals surface area contributed by atoms with E-state index < -0.39 is 8.32 Å². The second-order valence-corrected chi connectivity index (χ2v) is 14.3. The van der Waals surface area contributed by atoms with E-state index in [2.05, 4.69) is 87.3 Å². The van der Waals surface area contributed by atoms with Crippen molar-refractivity contribution in [1.82, 2.24) is 4.90 Å². The zero-order valence-electron chi connectivity index (χ0n) is 18.9. The molecule has 0 aliphatic carbocycles. The molecule has 2 rings (SSSR count). The van der Waals surface area contributed by atoms with Crippen molar-refractivity contribution in [1.29, 1.82) is 0 Å². The fourth-order valence-electron chi connectivity index (χ4n) is 3.20. The van der Waals surface area contributed by atoms with Gasteiger partial charge in [0.25, 0.3) is 0 Å². The fraction of sp³-hybridized carbons (Fsp3) is 0.520. The Kier molecular flexibility index (Phi) is 9.09. The second-order valence-electron chi connectivity index (χ2n) is 9.46. The minimum atomic E-state index is -1.71. The zero-order valence-corrected chi connectivity index (χ0v) is 19.9. The van der Waals surface area contributed by atoms with Crippen LogP contribution in [0.15, 0.2) is 60.7 Å². The van der Waals surface area contributed by atoms with Crippen molar-refractivity contribution >= 4 is 8.32 Å². The lowest BCUT2D eigenvalue weighted by molar-refractivity contribution is 0.0973. The molecule has 2 aromatic rings. The lowest BCUT2D eigenvalue weighted by Gasteiger charge is -2.36. The van der Waals surface area contributed by atoms with E-state index in [1.54, 1.807) is 0 Å². The summed E-state index contributed by atoms with van der Waals surface area (Å²) in [6.45, 7) is 14.0. The van der Waals surface area contributed by atoms with Crippen LogP contribution in [0.3, 0.4) is 0 Å². The highest BCUT2D eigenvalue weighted by Gasteiger charge is 2.36. The Morgan fingerprint density at radius 1 is 0.897 bits per heavy atom. The summed E-state index contributed by atoms with van der Waals surface area (Å²) in [6.07, 6.45) is 1.91. The van der Waals surface area contributed by atoms with Crippen molar-refractivity contribution in [2.45, 2.75) is 70.9 Å². The first-order chi connectivity index (χ1) is 13.7. The molecule has 29 heavy (non-hydrogen) atoms. The predicted molar refractivity (Wildman–Crippen MR) is 125 cm³/mol. The normalized spacial score (nSPS) is 13.6. The number of hydrogen-bond donors (Lipinski definition) is 1. The maximum Gasteiger partial charge on any atom is 0.191 e. The van der Waals surface area contributed by atoms with Crippen LogP contribution in [0.5, 0.6) is 0 Å². The SMILES string of the molecule is CC(C)(C)[Si](C)(C)OCCC[C@@H](CO)N(Cc1ccccc1)Cc1ccccc1. The number of aliphatic hydroxyl groups excluding tert-OH is 1. The Morgan fingerprint density at radius 3 is 1.79 bits per heavy atom. The lowest BCUT2D eigenvalue weighted by Crippen LogP contribution is -2.41. The minimum absolute atomic E-state index is 0.124. The molecule has 0 aliphatic rings. The van der Waals surface area contributed by atoms with Gasteiger partial charge in [-0.25, -0.2) is 0 Å². The molecule has 0 heterocycles. The topological polar surface area (TPSA) is 32.7 Å². The number of hydrogen-bond acceptors (Lipinski definition) is 3. The van der Waals surface area contributed by atoms with Gasteiger partial charge in [-0.05, 0) is 42.1 Å². The van der Waals surface area contributed by atoms with Crippen LogP contribution in [0.4, 0.5) is 0 Å². The molecule has 0 saturated heterocycles. The average molecular weight is 414 g/mol. The van der Waals surface area contributed by atoms with Crippen LogP contribution >= 0.6 is 0 Å². The highest BCUT2D eigenvalue weighted by Crippen LogP contribution is 2.36. The van der Waals surface area contributed by atoms with Crippen LogP contribution < -0.4 is 0 Å². The largest absolute Gasteiger partial charge is 0.417 e. The monoisotopic (exact) mass is 413 g/mol. The van der Waals surface area contributed by atoms with Gasteiger partial charge >= 0.3 is 0 Å². The molecule has 2 aromatic carbocycles. The molecule has 1 atom stereocenters. The maximum atomic E-state index is 10.2. The first-order valence-electron chi connectivity index (χ1n) is 10.8. The zero-order chi connectivity index (χ0) is 21.3. The quantitative estimate of drug-likeness (QED) is 0.370. The van der Waals surface area contributed by atoms with E-state index in [4.69, 9.17) is 4.43 Å².